The van der Waals surface area contributed by atoms with E-state index < -0.39 is 15.9 Å². The van der Waals surface area contributed by atoms with Gasteiger partial charge in [-0.15, -0.1) is 0 Å². The molecule has 3 rings (SSSR count). The van der Waals surface area contributed by atoms with Crippen LogP contribution in [0.5, 0.6) is 5.75 Å². The third kappa shape index (κ3) is 4.88. The van der Waals surface area contributed by atoms with Gasteiger partial charge in [0.2, 0.25) is 0 Å². The number of aryl methyl sites for hydroxylation is 1. The average Bonchev–Trinajstić information content (AvgIpc) is 2.71. The summed E-state index contributed by atoms with van der Waals surface area (Å²) in [5.41, 5.74) is 1.93. The van der Waals surface area contributed by atoms with E-state index in [-0.39, 0.29) is 21.2 Å². The molecule has 6 nitrogen and oxygen atoms in total. The number of hydrogen-bond donors (Lipinski definition) is 2. The Morgan fingerprint density at radius 1 is 1.00 bits per heavy atom. The van der Waals surface area contributed by atoms with E-state index in [9.17, 15) is 13.2 Å². The number of rotatable bonds is 6. The highest BCUT2D eigenvalue weighted by atomic mass is 35.5. The molecule has 0 unspecified atom stereocenters. The number of halogens is 1. The van der Waals surface area contributed by atoms with Gasteiger partial charge in [-0.2, -0.15) is 0 Å². The summed E-state index contributed by atoms with van der Waals surface area (Å²) in [5, 5.41) is 3.00. The molecule has 0 spiro atoms. The summed E-state index contributed by atoms with van der Waals surface area (Å²) in [7, 11) is -2.34. The first-order chi connectivity index (χ1) is 13.8. The number of amides is 1. The van der Waals surface area contributed by atoms with E-state index in [2.05, 4.69) is 10.0 Å². The van der Waals surface area contributed by atoms with E-state index >= 15 is 0 Å². The third-order valence-corrected chi connectivity index (χ3v) is 5.95. The number of para-hydroxylation sites is 1. The van der Waals surface area contributed by atoms with Gasteiger partial charge in [0.25, 0.3) is 15.9 Å². The van der Waals surface area contributed by atoms with Crippen molar-refractivity contribution in [1.29, 1.82) is 0 Å². The van der Waals surface area contributed by atoms with Gasteiger partial charge in [-0.3, -0.25) is 9.52 Å². The monoisotopic (exact) mass is 430 g/mol. The maximum Gasteiger partial charge on any atom is 0.261 e. The fourth-order valence-electron chi connectivity index (χ4n) is 2.63. The van der Waals surface area contributed by atoms with Gasteiger partial charge in [0, 0.05) is 11.4 Å². The molecule has 0 saturated carbocycles. The second-order valence-electron chi connectivity index (χ2n) is 6.24. The molecule has 29 heavy (non-hydrogen) atoms. The Bertz CT molecular complexity index is 1150. The highest BCUT2D eigenvalue weighted by Gasteiger charge is 2.17. The van der Waals surface area contributed by atoms with Crippen molar-refractivity contribution in [1.82, 2.24) is 0 Å². The first kappa shape index (κ1) is 20.7. The number of sulfonamides is 1. The minimum Gasteiger partial charge on any atom is -0.497 e. The number of methoxy groups -OCH3 is 1. The molecule has 0 heterocycles. The standard InChI is InChI=1S/C21H19ClN2O4S/c1-14-5-3-4-6-20(14)23-21(25)18-13-15(7-12-19(18)22)24-29(26,27)17-10-8-16(28-2)9-11-17/h3-13,24H,1-2H3,(H,23,25). The van der Waals surface area contributed by atoms with Crippen molar-refractivity contribution in [2.45, 2.75) is 11.8 Å². The SMILES string of the molecule is COc1ccc(S(=O)(=O)Nc2ccc(Cl)c(C(=O)Nc3ccccc3C)c2)cc1. The van der Waals surface area contributed by atoms with Crippen LogP contribution in [0.1, 0.15) is 15.9 Å². The van der Waals surface area contributed by atoms with E-state index in [0.717, 1.165) is 5.56 Å². The fraction of sp³-hybridized carbons (Fsp3) is 0.0952. The number of carbonyl (C=O) groups is 1. The van der Waals surface area contributed by atoms with Gasteiger partial charge in [-0.25, -0.2) is 8.42 Å². The minimum absolute atomic E-state index is 0.0687. The quantitative estimate of drug-likeness (QED) is 0.593. The van der Waals surface area contributed by atoms with Crippen molar-refractivity contribution >= 4 is 38.9 Å². The second-order valence-corrected chi connectivity index (χ2v) is 8.33. The summed E-state index contributed by atoms with van der Waals surface area (Å²) in [4.78, 5) is 12.7. The second kappa shape index (κ2) is 8.55. The molecule has 8 heteroatoms. The van der Waals surface area contributed by atoms with Gasteiger partial charge in [0.05, 0.1) is 22.6 Å². The molecule has 0 saturated heterocycles. The van der Waals surface area contributed by atoms with Gasteiger partial charge < -0.3 is 10.1 Å². The van der Waals surface area contributed by atoms with Crippen LogP contribution in [-0.4, -0.2) is 21.4 Å². The molecule has 0 bridgehead atoms. The zero-order valence-corrected chi connectivity index (χ0v) is 17.3. The van der Waals surface area contributed by atoms with Crippen LogP contribution in [-0.2, 0) is 10.0 Å². The largest absolute Gasteiger partial charge is 0.497 e. The van der Waals surface area contributed by atoms with Crippen molar-refractivity contribution in [3.63, 3.8) is 0 Å². The molecule has 0 atom stereocenters. The van der Waals surface area contributed by atoms with Crippen molar-refractivity contribution in [2.24, 2.45) is 0 Å². The Kier molecular flexibility index (Phi) is 6.10. The fourth-order valence-corrected chi connectivity index (χ4v) is 3.89. The zero-order chi connectivity index (χ0) is 21.0. The highest BCUT2D eigenvalue weighted by molar-refractivity contribution is 7.92. The van der Waals surface area contributed by atoms with Crippen LogP contribution in [0, 0.1) is 6.92 Å². The molecule has 150 valence electrons. The Labute approximate surface area is 174 Å². The first-order valence-electron chi connectivity index (χ1n) is 8.63. The normalized spacial score (nSPS) is 11.0. The topological polar surface area (TPSA) is 84.5 Å². The molecule has 0 aromatic heterocycles. The van der Waals surface area contributed by atoms with Crippen molar-refractivity contribution in [3.8, 4) is 5.75 Å². The zero-order valence-electron chi connectivity index (χ0n) is 15.8. The maximum atomic E-state index is 12.7. The molecular weight excluding hydrogens is 412 g/mol. The predicted octanol–water partition coefficient (Wildman–Crippen LogP) is 4.71. The third-order valence-electron chi connectivity index (χ3n) is 4.23. The molecular formula is C21H19ClN2O4S. The van der Waals surface area contributed by atoms with Gasteiger partial charge >= 0.3 is 0 Å². The van der Waals surface area contributed by atoms with Gasteiger partial charge in [0.15, 0.2) is 0 Å². The van der Waals surface area contributed by atoms with Crippen LogP contribution >= 0.6 is 11.6 Å². The predicted molar refractivity (Wildman–Crippen MR) is 114 cm³/mol. The molecule has 2 N–H and O–H groups in total. The number of ether oxygens (including phenoxy) is 1. The smallest absolute Gasteiger partial charge is 0.261 e. The molecule has 3 aromatic carbocycles. The van der Waals surface area contributed by atoms with E-state index in [1.54, 1.807) is 18.2 Å². The number of anilines is 2. The van der Waals surface area contributed by atoms with Crippen molar-refractivity contribution in [3.05, 3.63) is 82.9 Å². The van der Waals surface area contributed by atoms with Crippen molar-refractivity contribution in [2.75, 3.05) is 17.1 Å². The lowest BCUT2D eigenvalue weighted by molar-refractivity contribution is 0.102. The Hall–Kier alpha value is -3.03. The summed E-state index contributed by atoms with van der Waals surface area (Å²) in [6.45, 7) is 1.87. The molecule has 0 aliphatic heterocycles. The van der Waals surface area contributed by atoms with Crippen LogP contribution in [0.25, 0.3) is 0 Å². The van der Waals surface area contributed by atoms with Crippen LogP contribution in [0.4, 0.5) is 11.4 Å². The lowest BCUT2D eigenvalue weighted by atomic mass is 10.1. The summed E-state index contributed by atoms with van der Waals surface area (Å²) < 4.78 is 32.7. The Morgan fingerprint density at radius 3 is 2.34 bits per heavy atom. The summed E-state index contributed by atoms with van der Waals surface area (Å²) in [5.74, 6) is 0.111. The number of hydrogen-bond acceptors (Lipinski definition) is 4. The Balaban J connectivity index is 1.84. The van der Waals surface area contributed by atoms with Crippen LogP contribution < -0.4 is 14.8 Å². The number of nitrogens with one attached hydrogen (secondary N) is 2. The average molecular weight is 431 g/mol. The first-order valence-corrected chi connectivity index (χ1v) is 10.5. The minimum atomic E-state index is -3.84. The molecule has 0 aliphatic carbocycles. The lowest BCUT2D eigenvalue weighted by Gasteiger charge is -2.12. The molecule has 0 fully saturated rings. The van der Waals surface area contributed by atoms with Crippen LogP contribution in [0.2, 0.25) is 5.02 Å². The van der Waals surface area contributed by atoms with E-state index in [1.807, 2.05) is 25.1 Å². The van der Waals surface area contributed by atoms with Gasteiger partial charge in [-0.05, 0) is 61.0 Å². The highest BCUT2D eigenvalue weighted by Crippen LogP contribution is 2.25. The molecule has 0 aliphatic rings. The molecule has 3 aromatic rings. The summed E-state index contributed by atoms with van der Waals surface area (Å²) in [6, 6.07) is 17.7. The molecule has 1 amide bonds. The van der Waals surface area contributed by atoms with Crippen LogP contribution in [0.15, 0.2) is 71.6 Å². The number of carbonyl (C=O) groups excluding carboxylic acids is 1. The summed E-state index contributed by atoms with van der Waals surface area (Å²) >= 11 is 6.17. The van der Waals surface area contributed by atoms with Gasteiger partial charge in [0.1, 0.15) is 5.75 Å². The number of benzene rings is 3. The molecule has 0 radical (unpaired) electrons. The summed E-state index contributed by atoms with van der Waals surface area (Å²) in [6.07, 6.45) is 0. The maximum absolute atomic E-state index is 12.7. The lowest BCUT2D eigenvalue weighted by Crippen LogP contribution is -2.16. The van der Waals surface area contributed by atoms with Gasteiger partial charge in [-0.1, -0.05) is 29.8 Å². The Morgan fingerprint density at radius 2 is 1.69 bits per heavy atom. The van der Waals surface area contributed by atoms with Crippen molar-refractivity contribution < 1.29 is 17.9 Å². The van der Waals surface area contributed by atoms with E-state index in [1.165, 1.54) is 37.4 Å². The van der Waals surface area contributed by atoms with Crippen LogP contribution in [0.3, 0.4) is 0 Å². The van der Waals surface area contributed by atoms with E-state index in [0.29, 0.717) is 11.4 Å². The van der Waals surface area contributed by atoms with E-state index in [4.69, 9.17) is 16.3 Å².